The lowest BCUT2D eigenvalue weighted by atomic mass is 9.33. The van der Waals surface area contributed by atoms with E-state index in [0.717, 1.165) is 5.57 Å². The van der Waals surface area contributed by atoms with E-state index in [0.29, 0.717) is 44.1 Å². The molecule has 14 N–H and O–H groups in total. The van der Waals surface area contributed by atoms with Gasteiger partial charge >= 0.3 is 17.9 Å². The zero-order valence-corrected chi connectivity index (χ0v) is 51.9. The summed E-state index contributed by atoms with van der Waals surface area (Å²) in [6.45, 7) is 18.2. The summed E-state index contributed by atoms with van der Waals surface area (Å²) < 4.78 is 61.1. The van der Waals surface area contributed by atoms with E-state index in [1.165, 1.54) is 13.8 Å². The first kappa shape index (κ1) is 69.4. The molecule has 0 unspecified atom stereocenters. The van der Waals surface area contributed by atoms with E-state index in [2.05, 4.69) is 26.8 Å². The molecule has 502 valence electrons. The predicted molar refractivity (Wildman–Crippen MR) is 299 cm³/mol. The fourth-order valence-corrected chi connectivity index (χ4v) is 17.6. The Balaban J connectivity index is 1.04. The van der Waals surface area contributed by atoms with Gasteiger partial charge in [0.25, 0.3) is 0 Å². The molecular formula is C61H96O27. The largest absolute Gasteiger partial charge is 0.479 e. The number of allylic oxidation sites excluding steroid dienone is 3. The maximum atomic E-state index is 13.5. The SMILES string of the molecule is C/C=C(\C)C(=O)O[C@H]1[C@H](OC(C)=O)[C@]2(CO)[C@H](O)C[C@]3(C)C(=CC[C@@H]4[C@@]5(C)CC[C@H](O[C@@H]6O[C@H](C(=O)O)[C@@H](O[C@@H]7O[C@H](CO)[C@@H](O)[C@H](O)[C@H]7O)[C@H](O)[C@H]6O[C@@H]6O[C@H](CO)[C@H](O)[C@H](O)[C@H]6O[C@@H]6O[C@@H](C)[C@H](O)[C@@H](O)[C@H]6O)C(C)(C)[C@@H]5CC[C@]43C)[C@@H]2CC1(C)C. The van der Waals surface area contributed by atoms with Crippen molar-refractivity contribution in [1.82, 2.24) is 0 Å². The third-order valence-corrected chi connectivity index (χ3v) is 23.0. The zero-order chi connectivity index (χ0) is 65.0. The number of carbonyl (C=O) groups is 3. The Morgan fingerprint density at radius 1 is 0.614 bits per heavy atom. The lowest BCUT2D eigenvalue weighted by Gasteiger charge is -2.72. The summed E-state index contributed by atoms with van der Waals surface area (Å²) in [5.74, 6) is -3.65. The van der Waals surface area contributed by atoms with Crippen molar-refractivity contribution in [3.05, 3.63) is 23.3 Å². The topological polar surface area (TPSA) is 427 Å². The summed E-state index contributed by atoms with van der Waals surface area (Å²) in [5.41, 5.74) is -3.29. The highest BCUT2D eigenvalue weighted by molar-refractivity contribution is 5.87. The number of esters is 2. The molecule has 4 saturated carbocycles. The number of hydrogen-bond donors (Lipinski definition) is 14. The number of ether oxygens (including phenoxy) is 10. The smallest absolute Gasteiger partial charge is 0.335 e. The minimum absolute atomic E-state index is 0.0267. The molecule has 0 bridgehead atoms. The van der Waals surface area contributed by atoms with Crippen molar-refractivity contribution in [2.45, 2.75) is 268 Å². The molecule has 0 aromatic rings. The highest BCUT2D eigenvalue weighted by atomic mass is 16.8. The average molecular weight is 1260 g/mol. The quantitative estimate of drug-likeness (QED) is 0.0386. The van der Waals surface area contributed by atoms with Crippen LogP contribution < -0.4 is 0 Å². The summed E-state index contributed by atoms with van der Waals surface area (Å²) >= 11 is 0. The molecule has 0 spiro atoms. The van der Waals surface area contributed by atoms with Crippen LogP contribution in [0.15, 0.2) is 23.3 Å². The fraction of sp³-hybridized carbons (Fsp3) is 0.885. The maximum Gasteiger partial charge on any atom is 0.335 e. The van der Waals surface area contributed by atoms with Crippen molar-refractivity contribution < 1.29 is 133 Å². The van der Waals surface area contributed by atoms with E-state index >= 15 is 0 Å². The number of aliphatic hydroxyl groups is 13. The van der Waals surface area contributed by atoms with Crippen LogP contribution in [-0.4, -0.2) is 256 Å². The standard InChI is InChI=1S/C61H96O27/c1-12-24(2)51(78)88-48-49(80-26(4)65)61(23-64)28(19-56(48,5)6)27-13-14-32-58(9)17-16-34(57(7,8)31(58)15-18-59(32,10)60(27,11)20-33(61)66)83-55-46(43(75)44(47(87-55)50(76)77)84-53-42(74)39(71)36(68)29(21-62)81-53)86-54-45(40(72)37(69)30(22-63)82-54)85-52-41(73)38(70)35(67)25(3)79-52/h12-13,25,28-49,52-55,62-64,66-75H,14-23H2,1-11H3,(H,76,77)/b24-12+/t25-,28-,29+,30+,31-,32+,33+,34-,35-,36+,37-,38+,39-,40-,41+,42+,43-,44-,45+,46+,47-,48-,49-,52-,53-,54-,55+,58-,59+,60+,61-/m0/s1. The van der Waals surface area contributed by atoms with E-state index in [-0.39, 0.29) is 18.3 Å². The van der Waals surface area contributed by atoms with Gasteiger partial charge in [0, 0.05) is 17.9 Å². The van der Waals surface area contributed by atoms with Crippen LogP contribution in [0.25, 0.3) is 0 Å². The van der Waals surface area contributed by atoms with Gasteiger partial charge in [-0.2, -0.15) is 0 Å². The number of aliphatic carboxylic acids is 1. The van der Waals surface area contributed by atoms with Crippen molar-refractivity contribution in [3.8, 4) is 0 Å². The molecular weight excluding hydrogens is 1160 g/mol. The number of fused-ring (bicyclic) bond motifs is 7. The van der Waals surface area contributed by atoms with Gasteiger partial charge in [-0.15, -0.1) is 0 Å². The molecule has 0 amide bonds. The second-order valence-corrected chi connectivity index (χ2v) is 28.5. The molecule has 0 radical (unpaired) electrons. The lowest BCUT2D eigenvalue weighted by Crippen LogP contribution is -2.72. The lowest BCUT2D eigenvalue weighted by molar-refractivity contribution is -0.404. The summed E-state index contributed by atoms with van der Waals surface area (Å²) in [4.78, 5) is 39.9. The number of aliphatic hydroxyl groups excluding tert-OH is 13. The zero-order valence-electron chi connectivity index (χ0n) is 51.9. The minimum atomic E-state index is -2.23. The van der Waals surface area contributed by atoms with Crippen LogP contribution in [0.2, 0.25) is 0 Å². The van der Waals surface area contributed by atoms with Crippen molar-refractivity contribution in [2.75, 3.05) is 19.8 Å². The summed E-state index contributed by atoms with van der Waals surface area (Å²) in [5, 5.41) is 156. The highest BCUT2D eigenvalue weighted by Gasteiger charge is 2.74. The van der Waals surface area contributed by atoms with Gasteiger partial charge in [0.1, 0.15) is 97.7 Å². The molecule has 4 heterocycles. The molecule has 9 rings (SSSR count). The minimum Gasteiger partial charge on any atom is -0.479 e. The van der Waals surface area contributed by atoms with Gasteiger partial charge in [0.2, 0.25) is 0 Å². The van der Waals surface area contributed by atoms with Crippen LogP contribution in [0, 0.1) is 50.2 Å². The van der Waals surface area contributed by atoms with Crippen LogP contribution in [0.4, 0.5) is 0 Å². The number of hydrogen-bond acceptors (Lipinski definition) is 26. The van der Waals surface area contributed by atoms with E-state index in [1.54, 1.807) is 19.9 Å². The van der Waals surface area contributed by atoms with E-state index < -0.39 is 223 Å². The van der Waals surface area contributed by atoms with Crippen molar-refractivity contribution >= 4 is 17.9 Å². The Hall–Kier alpha value is -2.95. The molecule has 27 heteroatoms. The molecule has 0 aromatic heterocycles. The van der Waals surface area contributed by atoms with Crippen LogP contribution in [0.5, 0.6) is 0 Å². The number of carbonyl (C=O) groups excluding carboxylic acids is 2. The van der Waals surface area contributed by atoms with Gasteiger partial charge in [-0.25, -0.2) is 9.59 Å². The van der Waals surface area contributed by atoms with Gasteiger partial charge < -0.3 is 119 Å². The first-order valence-electron chi connectivity index (χ1n) is 30.9. The van der Waals surface area contributed by atoms with Crippen molar-refractivity contribution in [3.63, 3.8) is 0 Å². The molecule has 5 aliphatic carbocycles. The summed E-state index contributed by atoms with van der Waals surface area (Å²) in [6, 6.07) is 0. The summed E-state index contributed by atoms with van der Waals surface area (Å²) in [7, 11) is 0. The third kappa shape index (κ3) is 11.3. The predicted octanol–water partition coefficient (Wildman–Crippen LogP) is -1.44. The Morgan fingerprint density at radius 3 is 1.76 bits per heavy atom. The van der Waals surface area contributed by atoms with Crippen LogP contribution >= 0.6 is 0 Å². The Morgan fingerprint density at radius 2 is 1.17 bits per heavy atom. The normalized spacial score (nSPS) is 50.9. The molecule has 27 nitrogen and oxygen atoms in total. The fourth-order valence-electron chi connectivity index (χ4n) is 17.6. The maximum absolute atomic E-state index is 13.5. The molecule has 4 aliphatic heterocycles. The molecule has 0 aromatic carbocycles. The molecule has 4 saturated heterocycles. The van der Waals surface area contributed by atoms with Crippen LogP contribution in [-0.2, 0) is 61.8 Å². The Labute approximate surface area is 511 Å². The van der Waals surface area contributed by atoms with Crippen molar-refractivity contribution in [1.29, 1.82) is 0 Å². The number of carboxylic acids is 1. The molecule has 31 atom stereocenters. The van der Waals surface area contributed by atoms with Gasteiger partial charge in [-0.05, 0) is 105 Å². The second kappa shape index (κ2) is 25.4. The average Bonchev–Trinajstić information content (AvgIpc) is 0.673. The van der Waals surface area contributed by atoms with Gasteiger partial charge in [-0.3, -0.25) is 4.79 Å². The number of carboxylic acid groups (broad SMARTS) is 1. The van der Waals surface area contributed by atoms with Crippen molar-refractivity contribution in [2.24, 2.45) is 50.2 Å². The number of rotatable bonds is 15. The second-order valence-electron chi connectivity index (χ2n) is 28.5. The van der Waals surface area contributed by atoms with E-state index in [4.69, 9.17) is 47.4 Å². The molecule has 88 heavy (non-hydrogen) atoms. The Kier molecular flexibility index (Phi) is 20.0. The monoisotopic (exact) mass is 1260 g/mol. The van der Waals surface area contributed by atoms with Gasteiger partial charge in [-0.1, -0.05) is 66.2 Å². The van der Waals surface area contributed by atoms with E-state index in [1.807, 2.05) is 27.7 Å². The van der Waals surface area contributed by atoms with E-state index in [9.17, 15) is 85.9 Å². The van der Waals surface area contributed by atoms with Crippen LogP contribution in [0.1, 0.15) is 121 Å². The van der Waals surface area contributed by atoms with Gasteiger partial charge in [0.05, 0.1) is 43.5 Å². The third-order valence-electron chi connectivity index (χ3n) is 23.0. The molecule has 8 fully saturated rings. The molecule has 9 aliphatic rings. The van der Waals surface area contributed by atoms with Crippen LogP contribution in [0.3, 0.4) is 0 Å². The first-order valence-corrected chi connectivity index (χ1v) is 30.9. The first-order chi connectivity index (χ1) is 41.1. The Bertz CT molecular complexity index is 2580. The van der Waals surface area contributed by atoms with Gasteiger partial charge in [0.15, 0.2) is 31.3 Å². The highest BCUT2D eigenvalue weighted by Crippen LogP contribution is 2.76. The summed E-state index contributed by atoms with van der Waals surface area (Å²) in [6.07, 6.45) is -34.9.